The minimum Gasteiger partial charge on any atom is -0.497 e. The largest absolute Gasteiger partial charge is 0.497 e. The number of Topliss-reactive ketones (excluding diaryl/α,β-unsaturated/α-hetero) is 1. The van der Waals surface area contributed by atoms with Crippen molar-refractivity contribution >= 4 is 29.1 Å². The van der Waals surface area contributed by atoms with E-state index in [0.717, 1.165) is 5.69 Å². The van der Waals surface area contributed by atoms with Crippen LogP contribution in [0.2, 0.25) is 0 Å². The zero-order chi connectivity index (χ0) is 23.8. The molecule has 0 bridgehead atoms. The van der Waals surface area contributed by atoms with E-state index in [1.807, 2.05) is 28.8 Å². The normalized spacial score (nSPS) is 10.6. The number of methoxy groups -OCH3 is 1. The Bertz CT molecular complexity index is 1130. The summed E-state index contributed by atoms with van der Waals surface area (Å²) in [6.45, 7) is 1.99. The summed E-state index contributed by atoms with van der Waals surface area (Å²) in [5.74, 6) is 1.24. The molecule has 0 fully saturated rings. The summed E-state index contributed by atoms with van der Waals surface area (Å²) in [5.41, 5.74) is 1.14. The van der Waals surface area contributed by atoms with Gasteiger partial charge >= 0.3 is 0 Å². The number of rotatable bonds is 11. The molecule has 33 heavy (non-hydrogen) atoms. The topological polar surface area (TPSA) is 129 Å². The van der Waals surface area contributed by atoms with Gasteiger partial charge < -0.3 is 10.1 Å². The Hall–Kier alpha value is -3.73. The molecule has 0 unspecified atom stereocenters. The van der Waals surface area contributed by atoms with Crippen LogP contribution in [0.3, 0.4) is 0 Å². The molecule has 0 radical (unpaired) electrons. The van der Waals surface area contributed by atoms with Crippen molar-refractivity contribution in [2.24, 2.45) is 0 Å². The van der Waals surface area contributed by atoms with Crippen LogP contribution in [-0.2, 0) is 11.2 Å². The molecular formula is C22H23N5O5S. The second kappa shape index (κ2) is 11.2. The Morgan fingerprint density at radius 2 is 1.82 bits per heavy atom. The summed E-state index contributed by atoms with van der Waals surface area (Å²) in [5, 5.41) is 22.7. The predicted molar refractivity (Wildman–Crippen MR) is 123 cm³/mol. The second-order valence-electron chi connectivity index (χ2n) is 7.03. The fourth-order valence-electron chi connectivity index (χ4n) is 3.04. The molecule has 1 N–H and O–H groups in total. The number of hydrogen-bond donors (Lipinski definition) is 1. The van der Waals surface area contributed by atoms with Gasteiger partial charge in [0.25, 0.3) is 5.69 Å². The van der Waals surface area contributed by atoms with E-state index in [1.54, 1.807) is 7.11 Å². The van der Waals surface area contributed by atoms with E-state index in [1.165, 1.54) is 43.0 Å². The number of thioether (sulfide) groups is 1. The van der Waals surface area contributed by atoms with E-state index in [-0.39, 0.29) is 23.1 Å². The van der Waals surface area contributed by atoms with Gasteiger partial charge in [0.1, 0.15) is 11.6 Å². The molecule has 1 amide bonds. The van der Waals surface area contributed by atoms with Crippen LogP contribution in [0, 0.1) is 10.1 Å². The predicted octanol–water partition coefficient (Wildman–Crippen LogP) is 3.23. The zero-order valence-corrected chi connectivity index (χ0v) is 19.0. The van der Waals surface area contributed by atoms with Crippen molar-refractivity contribution in [1.82, 2.24) is 20.1 Å². The van der Waals surface area contributed by atoms with Crippen LogP contribution in [0.1, 0.15) is 29.5 Å². The lowest BCUT2D eigenvalue weighted by Crippen LogP contribution is -2.21. The number of carbonyl (C=O) groups is 2. The fraction of sp³-hybridized carbons (Fsp3) is 0.273. The number of non-ortho nitro benzene ring substituents is 1. The Kier molecular flexibility index (Phi) is 8.14. The van der Waals surface area contributed by atoms with Gasteiger partial charge in [-0.05, 0) is 42.8 Å². The number of ether oxygens (including phenoxy) is 1. The number of carbonyl (C=O) groups excluding carboxylic acids is 2. The number of ketones is 1. The highest BCUT2D eigenvalue weighted by Gasteiger charge is 2.17. The van der Waals surface area contributed by atoms with Crippen LogP contribution in [0.15, 0.2) is 53.7 Å². The molecule has 2 aromatic carbocycles. The lowest BCUT2D eigenvalue weighted by molar-refractivity contribution is -0.384. The van der Waals surface area contributed by atoms with Crippen LogP contribution in [0.4, 0.5) is 5.69 Å². The lowest BCUT2D eigenvalue weighted by atomic mass is 10.1. The Morgan fingerprint density at radius 1 is 1.12 bits per heavy atom. The van der Waals surface area contributed by atoms with Crippen LogP contribution in [0.5, 0.6) is 5.75 Å². The number of nitrogens with zero attached hydrogens (tertiary/aromatic N) is 4. The van der Waals surface area contributed by atoms with Crippen molar-refractivity contribution in [2.45, 2.75) is 24.9 Å². The van der Waals surface area contributed by atoms with Gasteiger partial charge in [-0.25, -0.2) is 0 Å². The zero-order valence-electron chi connectivity index (χ0n) is 18.2. The van der Waals surface area contributed by atoms with E-state index >= 15 is 0 Å². The standard InChI is InChI=1S/C22H23N5O5S/c1-15(28)23-13-3-4-21-24-25-22(26(21)17-9-11-19(32-2)12-10-17)33-14-20(29)16-5-7-18(8-6-16)27(30)31/h5-12H,3-4,13-14H2,1-2H3,(H,23,28). The third kappa shape index (κ3) is 6.39. The molecule has 3 rings (SSSR count). The lowest BCUT2D eigenvalue weighted by Gasteiger charge is -2.11. The minimum atomic E-state index is -0.506. The summed E-state index contributed by atoms with van der Waals surface area (Å²) in [4.78, 5) is 34.0. The van der Waals surface area contributed by atoms with E-state index in [4.69, 9.17) is 4.74 Å². The highest BCUT2D eigenvalue weighted by molar-refractivity contribution is 7.99. The molecule has 10 nitrogen and oxygen atoms in total. The molecule has 172 valence electrons. The molecule has 0 spiro atoms. The van der Waals surface area contributed by atoms with Crippen molar-refractivity contribution in [2.75, 3.05) is 19.4 Å². The summed E-state index contributed by atoms with van der Waals surface area (Å²) >= 11 is 1.24. The maximum Gasteiger partial charge on any atom is 0.269 e. The van der Waals surface area contributed by atoms with Crippen LogP contribution in [-0.4, -0.2) is 50.8 Å². The van der Waals surface area contributed by atoms with Crippen molar-refractivity contribution in [1.29, 1.82) is 0 Å². The first-order valence-corrected chi connectivity index (χ1v) is 11.1. The van der Waals surface area contributed by atoms with Gasteiger partial charge in [0, 0.05) is 43.3 Å². The van der Waals surface area contributed by atoms with E-state index in [0.29, 0.717) is 41.7 Å². The van der Waals surface area contributed by atoms with E-state index in [9.17, 15) is 19.7 Å². The van der Waals surface area contributed by atoms with E-state index in [2.05, 4.69) is 15.5 Å². The van der Waals surface area contributed by atoms with Gasteiger partial charge in [-0.2, -0.15) is 0 Å². The molecule has 0 saturated carbocycles. The minimum absolute atomic E-state index is 0.0673. The van der Waals surface area contributed by atoms with Gasteiger partial charge in [-0.1, -0.05) is 11.8 Å². The Labute approximate surface area is 194 Å². The van der Waals surface area contributed by atoms with Crippen molar-refractivity contribution in [3.63, 3.8) is 0 Å². The van der Waals surface area contributed by atoms with Crippen molar-refractivity contribution in [3.8, 4) is 11.4 Å². The molecule has 11 heteroatoms. The number of benzene rings is 2. The first-order valence-electron chi connectivity index (χ1n) is 10.1. The third-order valence-corrected chi connectivity index (χ3v) is 5.64. The summed E-state index contributed by atoms with van der Waals surface area (Å²) in [6.07, 6.45) is 1.26. The van der Waals surface area contributed by atoms with Crippen LogP contribution in [0.25, 0.3) is 5.69 Å². The van der Waals surface area contributed by atoms with Gasteiger partial charge in [0.15, 0.2) is 10.9 Å². The number of amides is 1. The molecule has 0 aliphatic heterocycles. The quantitative estimate of drug-likeness (QED) is 0.149. The molecule has 0 saturated heterocycles. The van der Waals surface area contributed by atoms with Gasteiger partial charge in [-0.15, -0.1) is 10.2 Å². The fourth-order valence-corrected chi connectivity index (χ4v) is 3.91. The average molecular weight is 470 g/mol. The SMILES string of the molecule is COc1ccc(-n2c(CCCNC(C)=O)nnc2SCC(=O)c2ccc([N+](=O)[O-])cc2)cc1. The second-order valence-corrected chi connectivity index (χ2v) is 7.98. The first kappa shape index (κ1) is 23.9. The summed E-state index contributed by atoms with van der Waals surface area (Å²) < 4.78 is 7.10. The molecule has 1 heterocycles. The first-order chi connectivity index (χ1) is 15.9. The average Bonchev–Trinajstić information content (AvgIpc) is 3.23. The highest BCUT2D eigenvalue weighted by Crippen LogP contribution is 2.25. The van der Waals surface area contributed by atoms with Gasteiger partial charge in [0.2, 0.25) is 5.91 Å². The Morgan fingerprint density at radius 3 is 2.42 bits per heavy atom. The number of hydrogen-bond acceptors (Lipinski definition) is 8. The molecule has 1 aromatic heterocycles. The number of nitro benzene ring substituents is 1. The molecule has 0 aliphatic rings. The van der Waals surface area contributed by atoms with Gasteiger partial charge in [0.05, 0.1) is 17.8 Å². The van der Waals surface area contributed by atoms with E-state index < -0.39 is 4.92 Å². The number of nitrogens with one attached hydrogen (secondary N) is 1. The molecule has 3 aromatic rings. The monoisotopic (exact) mass is 469 g/mol. The Balaban J connectivity index is 1.77. The number of aryl methyl sites for hydroxylation is 1. The summed E-state index contributed by atoms with van der Waals surface area (Å²) in [7, 11) is 1.59. The number of aromatic nitrogens is 3. The van der Waals surface area contributed by atoms with Crippen molar-refractivity contribution < 1.29 is 19.2 Å². The van der Waals surface area contributed by atoms with Gasteiger partial charge in [-0.3, -0.25) is 24.3 Å². The number of nitro groups is 1. The third-order valence-electron chi connectivity index (χ3n) is 4.71. The summed E-state index contributed by atoms with van der Waals surface area (Å²) in [6, 6.07) is 12.9. The van der Waals surface area contributed by atoms with Crippen LogP contribution < -0.4 is 10.1 Å². The molecular weight excluding hydrogens is 446 g/mol. The molecule has 0 aliphatic carbocycles. The maximum atomic E-state index is 12.6. The smallest absolute Gasteiger partial charge is 0.269 e. The van der Waals surface area contributed by atoms with Crippen molar-refractivity contribution in [3.05, 3.63) is 70.0 Å². The highest BCUT2D eigenvalue weighted by atomic mass is 32.2. The van der Waals surface area contributed by atoms with Crippen LogP contribution >= 0.6 is 11.8 Å². The molecule has 0 atom stereocenters. The maximum absolute atomic E-state index is 12.6.